The van der Waals surface area contributed by atoms with E-state index in [0.717, 1.165) is 11.1 Å². The zero-order valence-electron chi connectivity index (χ0n) is 16.1. The highest BCUT2D eigenvalue weighted by Gasteiger charge is 2.09. The normalized spacial score (nSPS) is 11.3. The smallest absolute Gasteiger partial charge is 0.387 e. The number of carbonyl (C=O) groups is 1. The van der Waals surface area contributed by atoms with Crippen molar-refractivity contribution in [2.24, 2.45) is 4.99 Å². The van der Waals surface area contributed by atoms with E-state index in [1.165, 1.54) is 12.1 Å². The van der Waals surface area contributed by atoms with Crippen LogP contribution in [0.15, 0.2) is 53.5 Å². The highest BCUT2D eigenvalue weighted by molar-refractivity contribution is 5.93. The summed E-state index contributed by atoms with van der Waals surface area (Å²) in [5.74, 6) is 0.687. The first-order valence-electron chi connectivity index (χ1n) is 8.69. The molecule has 8 heteroatoms. The molecule has 2 rings (SSSR count). The molecule has 6 nitrogen and oxygen atoms in total. The van der Waals surface area contributed by atoms with Crippen molar-refractivity contribution in [2.45, 2.75) is 19.7 Å². The number of halogens is 2. The summed E-state index contributed by atoms with van der Waals surface area (Å²) in [6.07, 6.45) is 0. The van der Waals surface area contributed by atoms with Crippen LogP contribution in [-0.2, 0) is 13.1 Å². The van der Waals surface area contributed by atoms with E-state index in [2.05, 4.69) is 20.4 Å². The Kier molecular flexibility index (Phi) is 7.74. The predicted molar refractivity (Wildman–Crippen MR) is 105 cm³/mol. The first-order chi connectivity index (χ1) is 13.4. The molecule has 1 amide bonds. The van der Waals surface area contributed by atoms with Gasteiger partial charge in [-0.3, -0.25) is 9.79 Å². The summed E-state index contributed by atoms with van der Waals surface area (Å²) in [5, 5.41) is 5.84. The maximum Gasteiger partial charge on any atom is 0.387 e. The van der Waals surface area contributed by atoms with Gasteiger partial charge in [0.1, 0.15) is 5.75 Å². The van der Waals surface area contributed by atoms with Gasteiger partial charge >= 0.3 is 6.61 Å². The summed E-state index contributed by atoms with van der Waals surface area (Å²) >= 11 is 0. The number of alkyl halides is 2. The van der Waals surface area contributed by atoms with E-state index in [1.54, 1.807) is 38.4 Å². The van der Waals surface area contributed by atoms with Crippen molar-refractivity contribution in [3.05, 3.63) is 65.2 Å². The number of carbonyl (C=O) groups excluding carboxylic acids is 1. The summed E-state index contributed by atoms with van der Waals surface area (Å²) in [6, 6.07) is 13.8. The molecule has 0 radical (unpaired) electrons. The first kappa shape index (κ1) is 21.1. The van der Waals surface area contributed by atoms with E-state index in [9.17, 15) is 13.6 Å². The standard InChI is InChI=1S/C20H24F2N4O2/c1-23-18(27)16-8-4-14(5-9-16)12-25-20(24-2)26(3)13-15-6-10-17(11-7-15)28-19(21)22/h4-11,19H,12-13H2,1-3H3,(H,23,27)(H,24,25). The number of benzene rings is 2. The Bertz CT molecular complexity index is 793. The molecule has 2 aromatic carbocycles. The van der Waals surface area contributed by atoms with Gasteiger partial charge in [0.05, 0.1) is 0 Å². The lowest BCUT2D eigenvalue weighted by molar-refractivity contribution is -0.0498. The topological polar surface area (TPSA) is 66.0 Å². The highest BCUT2D eigenvalue weighted by atomic mass is 19.3. The fourth-order valence-electron chi connectivity index (χ4n) is 2.61. The van der Waals surface area contributed by atoms with E-state index in [4.69, 9.17) is 0 Å². The lowest BCUT2D eigenvalue weighted by Gasteiger charge is -2.22. The molecule has 0 spiro atoms. The van der Waals surface area contributed by atoms with Crippen LogP contribution in [0.5, 0.6) is 5.75 Å². The minimum Gasteiger partial charge on any atom is -0.435 e. The number of guanidine groups is 1. The number of hydrogen-bond acceptors (Lipinski definition) is 3. The first-order valence-corrected chi connectivity index (χ1v) is 8.69. The van der Waals surface area contributed by atoms with E-state index in [-0.39, 0.29) is 11.7 Å². The summed E-state index contributed by atoms with van der Waals surface area (Å²) in [4.78, 5) is 17.8. The van der Waals surface area contributed by atoms with Crippen LogP contribution < -0.4 is 15.4 Å². The van der Waals surface area contributed by atoms with Gasteiger partial charge in [-0.25, -0.2) is 0 Å². The van der Waals surface area contributed by atoms with E-state index in [0.29, 0.717) is 24.6 Å². The molecular weight excluding hydrogens is 366 g/mol. The molecule has 0 fully saturated rings. The summed E-state index contributed by atoms with van der Waals surface area (Å²) < 4.78 is 28.8. The molecule has 0 unspecified atom stereocenters. The van der Waals surface area contributed by atoms with E-state index >= 15 is 0 Å². The van der Waals surface area contributed by atoms with Crippen molar-refractivity contribution in [3.8, 4) is 5.75 Å². The Morgan fingerprint density at radius 1 is 1.11 bits per heavy atom. The summed E-state index contributed by atoms with van der Waals surface area (Å²) in [6.45, 7) is -1.74. The second-order valence-electron chi connectivity index (χ2n) is 6.06. The fraction of sp³-hybridized carbons (Fsp3) is 0.300. The van der Waals surface area contributed by atoms with Crippen molar-refractivity contribution in [1.82, 2.24) is 15.5 Å². The molecule has 0 aliphatic rings. The van der Waals surface area contributed by atoms with Crippen molar-refractivity contribution in [2.75, 3.05) is 21.1 Å². The average molecular weight is 390 g/mol. The Morgan fingerprint density at radius 2 is 1.71 bits per heavy atom. The van der Waals surface area contributed by atoms with Crippen LogP contribution in [-0.4, -0.2) is 44.5 Å². The number of nitrogens with one attached hydrogen (secondary N) is 2. The molecule has 0 bridgehead atoms. The second kappa shape index (κ2) is 10.2. The van der Waals surface area contributed by atoms with E-state index in [1.807, 2.05) is 24.1 Å². The zero-order valence-corrected chi connectivity index (χ0v) is 16.1. The van der Waals surface area contributed by atoms with Gasteiger partial charge < -0.3 is 20.3 Å². The Hall–Kier alpha value is -3.16. The number of nitrogens with zero attached hydrogens (tertiary/aromatic N) is 2. The summed E-state index contributed by atoms with van der Waals surface area (Å²) in [5.41, 5.74) is 2.55. The highest BCUT2D eigenvalue weighted by Crippen LogP contribution is 2.15. The lowest BCUT2D eigenvalue weighted by atomic mass is 10.1. The van der Waals surface area contributed by atoms with Gasteiger partial charge in [0.25, 0.3) is 5.91 Å². The number of rotatable bonds is 7. The van der Waals surface area contributed by atoms with Crippen molar-refractivity contribution < 1.29 is 18.3 Å². The third kappa shape index (κ3) is 6.22. The van der Waals surface area contributed by atoms with Crippen molar-refractivity contribution >= 4 is 11.9 Å². The molecule has 0 aromatic heterocycles. The number of amides is 1. The quantitative estimate of drug-likeness (QED) is 0.564. The molecule has 2 N–H and O–H groups in total. The number of aliphatic imine (C=N–C) groups is 1. The average Bonchev–Trinajstić information content (AvgIpc) is 2.69. The fourth-order valence-corrected chi connectivity index (χ4v) is 2.61. The molecule has 2 aromatic rings. The maximum absolute atomic E-state index is 12.2. The Morgan fingerprint density at radius 3 is 2.25 bits per heavy atom. The minimum absolute atomic E-state index is 0.125. The molecule has 0 aliphatic heterocycles. The van der Waals surface area contributed by atoms with Crippen LogP contribution in [0.4, 0.5) is 8.78 Å². The van der Waals surface area contributed by atoms with Gasteiger partial charge in [0, 0.05) is 39.8 Å². The van der Waals surface area contributed by atoms with Crippen LogP contribution in [0.1, 0.15) is 21.5 Å². The van der Waals surface area contributed by atoms with E-state index < -0.39 is 6.61 Å². The molecule has 0 heterocycles. The maximum atomic E-state index is 12.2. The molecule has 150 valence electrons. The number of ether oxygens (including phenoxy) is 1. The van der Waals surface area contributed by atoms with Gasteiger partial charge in [-0.1, -0.05) is 24.3 Å². The molecule has 0 saturated carbocycles. The minimum atomic E-state index is -2.83. The third-order valence-electron chi connectivity index (χ3n) is 4.04. The van der Waals surface area contributed by atoms with Gasteiger partial charge in [-0.15, -0.1) is 0 Å². The van der Waals surface area contributed by atoms with Crippen molar-refractivity contribution in [3.63, 3.8) is 0 Å². The van der Waals surface area contributed by atoms with Crippen LogP contribution in [0, 0.1) is 0 Å². The third-order valence-corrected chi connectivity index (χ3v) is 4.04. The van der Waals surface area contributed by atoms with Crippen LogP contribution in [0.2, 0.25) is 0 Å². The predicted octanol–water partition coefficient (Wildman–Crippen LogP) is 2.86. The van der Waals surface area contributed by atoms with Gasteiger partial charge in [0.15, 0.2) is 5.96 Å². The SMILES string of the molecule is CN=C(NCc1ccc(C(=O)NC)cc1)N(C)Cc1ccc(OC(F)F)cc1. The Labute approximate surface area is 163 Å². The van der Waals surface area contributed by atoms with Crippen LogP contribution in [0.3, 0.4) is 0 Å². The lowest BCUT2D eigenvalue weighted by Crippen LogP contribution is -2.38. The second-order valence-corrected chi connectivity index (χ2v) is 6.06. The molecule has 28 heavy (non-hydrogen) atoms. The van der Waals surface area contributed by atoms with Crippen LogP contribution >= 0.6 is 0 Å². The molecular formula is C20H24F2N4O2. The van der Waals surface area contributed by atoms with Gasteiger partial charge in [-0.05, 0) is 35.4 Å². The zero-order chi connectivity index (χ0) is 20.5. The van der Waals surface area contributed by atoms with Gasteiger partial charge in [-0.2, -0.15) is 8.78 Å². The molecule has 0 atom stereocenters. The van der Waals surface area contributed by atoms with Crippen LogP contribution in [0.25, 0.3) is 0 Å². The molecule has 0 saturated heterocycles. The largest absolute Gasteiger partial charge is 0.435 e. The summed E-state index contributed by atoms with van der Waals surface area (Å²) in [7, 11) is 5.16. The Balaban J connectivity index is 1.91. The monoisotopic (exact) mass is 390 g/mol. The van der Waals surface area contributed by atoms with Gasteiger partial charge in [0.2, 0.25) is 0 Å². The van der Waals surface area contributed by atoms with Crippen molar-refractivity contribution in [1.29, 1.82) is 0 Å². The number of hydrogen-bond donors (Lipinski definition) is 2. The molecule has 0 aliphatic carbocycles.